The van der Waals surface area contributed by atoms with Gasteiger partial charge in [0.1, 0.15) is 16.9 Å². The lowest BCUT2D eigenvalue weighted by Gasteiger charge is -2.17. The van der Waals surface area contributed by atoms with Gasteiger partial charge in [-0.1, -0.05) is 103 Å². The van der Waals surface area contributed by atoms with Crippen molar-refractivity contribution >= 4 is 108 Å². The summed E-state index contributed by atoms with van der Waals surface area (Å²) in [6.45, 7) is 0. The predicted octanol–water partition coefficient (Wildman–Crippen LogP) is 14.1. The van der Waals surface area contributed by atoms with E-state index in [-0.39, 0.29) is 0 Å². The fourth-order valence-corrected chi connectivity index (χ4v) is 10.4. The molecule has 0 spiro atoms. The molecule has 0 unspecified atom stereocenters. The van der Waals surface area contributed by atoms with Gasteiger partial charge in [0.25, 0.3) is 0 Å². The highest BCUT2D eigenvalue weighted by atomic mass is 32.1. The third-order valence-corrected chi connectivity index (χ3v) is 12.7. The first-order valence-electron chi connectivity index (χ1n) is 18.6. The van der Waals surface area contributed by atoms with Crippen LogP contribution in [0.5, 0.6) is 0 Å². The van der Waals surface area contributed by atoms with E-state index in [9.17, 15) is 0 Å². The van der Waals surface area contributed by atoms with Crippen molar-refractivity contribution in [3.8, 4) is 28.2 Å². The molecule has 0 saturated heterocycles. The van der Waals surface area contributed by atoms with Gasteiger partial charge in [0.15, 0.2) is 0 Å². The van der Waals surface area contributed by atoms with Crippen molar-refractivity contribution in [3.05, 3.63) is 164 Å². The number of aromatic nitrogens is 3. The van der Waals surface area contributed by atoms with Crippen LogP contribution in [0.25, 0.3) is 125 Å². The lowest BCUT2D eigenvalue weighted by Crippen LogP contribution is -1.99. The first-order valence-corrected chi connectivity index (χ1v) is 19.4. The normalized spacial score (nSPS) is 12.4. The van der Waals surface area contributed by atoms with Crippen molar-refractivity contribution in [2.24, 2.45) is 0 Å². The molecule has 13 aromatic rings. The molecule has 0 fully saturated rings. The first-order chi connectivity index (χ1) is 27.3. The zero-order chi connectivity index (χ0) is 35.8. The summed E-state index contributed by atoms with van der Waals surface area (Å²) in [5.41, 5.74) is 10.5. The molecule has 0 aliphatic carbocycles. The van der Waals surface area contributed by atoms with Crippen molar-refractivity contribution in [1.29, 1.82) is 0 Å². The summed E-state index contributed by atoms with van der Waals surface area (Å²) in [6, 6.07) is 58.6. The number of para-hydroxylation sites is 4. The summed E-state index contributed by atoms with van der Waals surface area (Å²) in [5.74, 6) is 0. The third kappa shape index (κ3) is 3.94. The molecule has 9 aromatic carbocycles. The first kappa shape index (κ1) is 29.4. The zero-order valence-electron chi connectivity index (χ0n) is 29.2. The minimum atomic E-state index is 0.802. The molecule has 55 heavy (non-hydrogen) atoms. The number of fused-ring (bicyclic) bond motifs is 5. The molecule has 0 bridgehead atoms. The second-order valence-corrected chi connectivity index (χ2v) is 15.5. The Morgan fingerprint density at radius 1 is 0.418 bits per heavy atom. The van der Waals surface area contributed by atoms with E-state index in [4.69, 9.17) is 14.4 Å². The lowest BCUT2D eigenvalue weighted by molar-refractivity contribution is 0.670. The highest BCUT2D eigenvalue weighted by Gasteiger charge is 2.24. The Hall–Kier alpha value is -7.08. The maximum absolute atomic E-state index is 6.58. The summed E-state index contributed by atoms with van der Waals surface area (Å²) in [7, 11) is 0. The highest BCUT2D eigenvalue weighted by Crippen LogP contribution is 2.48. The molecule has 0 radical (unpaired) electrons. The fourth-order valence-electron chi connectivity index (χ4n) is 9.22. The van der Waals surface area contributed by atoms with Gasteiger partial charge < -0.3 is 8.98 Å². The van der Waals surface area contributed by atoms with E-state index in [2.05, 4.69) is 132 Å². The lowest BCUT2D eigenvalue weighted by atomic mass is 9.96. The number of nitrogens with zero attached hydrogens (tertiary/aromatic N) is 3. The molecule has 5 heteroatoms. The maximum atomic E-state index is 6.58. The molecule has 254 valence electrons. The topological polar surface area (TPSA) is 43.9 Å². The summed E-state index contributed by atoms with van der Waals surface area (Å²) in [5, 5.41) is 12.3. The van der Waals surface area contributed by atoms with E-state index in [1.165, 1.54) is 52.8 Å². The van der Waals surface area contributed by atoms with Gasteiger partial charge in [-0.2, -0.15) is 0 Å². The van der Waals surface area contributed by atoms with Crippen molar-refractivity contribution < 1.29 is 4.42 Å². The molecule has 0 aliphatic rings. The monoisotopic (exact) mass is 717 g/mol. The van der Waals surface area contributed by atoms with Crippen molar-refractivity contribution in [2.75, 3.05) is 0 Å². The van der Waals surface area contributed by atoms with Crippen LogP contribution in [0.3, 0.4) is 0 Å². The smallest absolute Gasteiger partial charge is 0.144 e. The van der Waals surface area contributed by atoms with Gasteiger partial charge in [-0.3, -0.25) is 0 Å². The average Bonchev–Trinajstić information content (AvgIpc) is 3.74. The van der Waals surface area contributed by atoms with Gasteiger partial charge in [-0.05, 0) is 76.8 Å². The van der Waals surface area contributed by atoms with Gasteiger partial charge in [-0.25, -0.2) is 9.97 Å². The molecule has 0 aliphatic heterocycles. The second kappa shape index (κ2) is 10.8. The third-order valence-electron chi connectivity index (χ3n) is 11.5. The van der Waals surface area contributed by atoms with E-state index < -0.39 is 0 Å². The van der Waals surface area contributed by atoms with Crippen LogP contribution in [0, 0.1) is 0 Å². The molecular formula is C50H27N3OS. The van der Waals surface area contributed by atoms with E-state index in [0.29, 0.717) is 0 Å². The standard InChI is InChI=1S/C50H27N3OS/c1-2-13-31-30(12-1)33(48-49(52-37-18-5-4-17-36(37)51-48)35-16-9-15-34-32-14-3-6-19-41(32)54-50(34)35)24-27-38(31)53-39-25-22-28-10-7-20-42-44(28)46(39)47-40(53)26-23-29-11-8-21-43(55-42)45(29)47/h1-27H. The summed E-state index contributed by atoms with van der Waals surface area (Å²) < 4.78 is 11.7. The number of benzene rings is 9. The molecule has 0 atom stereocenters. The van der Waals surface area contributed by atoms with Crippen molar-refractivity contribution in [2.45, 2.75) is 0 Å². The van der Waals surface area contributed by atoms with Gasteiger partial charge in [0.05, 0.1) is 33.4 Å². The number of hydrogen-bond donors (Lipinski definition) is 0. The van der Waals surface area contributed by atoms with Crippen LogP contribution in [0.4, 0.5) is 0 Å². The van der Waals surface area contributed by atoms with Crippen LogP contribution < -0.4 is 0 Å². The molecule has 0 saturated carbocycles. The minimum Gasteiger partial charge on any atom is -0.455 e. The van der Waals surface area contributed by atoms with E-state index in [1.54, 1.807) is 0 Å². The van der Waals surface area contributed by atoms with Gasteiger partial charge >= 0.3 is 0 Å². The highest BCUT2D eigenvalue weighted by molar-refractivity contribution is 7.24. The van der Waals surface area contributed by atoms with E-state index >= 15 is 0 Å². The van der Waals surface area contributed by atoms with Crippen LogP contribution in [0.15, 0.2) is 168 Å². The van der Waals surface area contributed by atoms with E-state index in [0.717, 1.165) is 71.9 Å². The Balaban J connectivity index is 1.13. The quantitative estimate of drug-likeness (QED) is 0.183. The molecular weight excluding hydrogens is 691 g/mol. The van der Waals surface area contributed by atoms with Crippen LogP contribution in [-0.2, 0) is 0 Å². The number of furan rings is 1. The molecule has 0 N–H and O–H groups in total. The fraction of sp³-hybridized carbons (Fsp3) is 0. The minimum absolute atomic E-state index is 0.802. The molecule has 4 aromatic heterocycles. The predicted molar refractivity (Wildman–Crippen MR) is 231 cm³/mol. The SMILES string of the molecule is c1ccc2nc(-c3cccc4c3oc3ccccc34)c(-c3ccc(-n4c5ccc6cccc7sc8cccc9ccc4c(c98)c5c67)c4ccccc34)nc2c1. The van der Waals surface area contributed by atoms with Crippen LogP contribution in [0.1, 0.15) is 0 Å². The maximum Gasteiger partial charge on any atom is 0.144 e. The summed E-state index contributed by atoms with van der Waals surface area (Å²) >= 11 is 1.89. The average molecular weight is 718 g/mol. The zero-order valence-corrected chi connectivity index (χ0v) is 30.1. The van der Waals surface area contributed by atoms with Gasteiger partial charge in [0, 0.05) is 58.2 Å². The van der Waals surface area contributed by atoms with Gasteiger partial charge in [-0.15, -0.1) is 11.3 Å². The number of rotatable bonds is 3. The summed E-state index contributed by atoms with van der Waals surface area (Å²) in [4.78, 5) is 10.7. The Kier molecular flexibility index (Phi) is 5.74. The Labute approximate surface area is 317 Å². The number of hydrogen-bond acceptors (Lipinski definition) is 4. The molecule has 13 rings (SSSR count). The largest absolute Gasteiger partial charge is 0.455 e. The molecule has 4 nitrogen and oxygen atoms in total. The molecule has 4 heterocycles. The van der Waals surface area contributed by atoms with Crippen molar-refractivity contribution in [1.82, 2.24) is 14.5 Å². The van der Waals surface area contributed by atoms with Crippen molar-refractivity contribution in [3.63, 3.8) is 0 Å². The second-order valence-electron chi connectivity index (χ2n) is 14.4. The summed E-state index contributed by atoms with van der Waals surface area (Å²) in [6.07, 6.45) is 0. The van der Waals surface area contributed by atoms with E-state index in [1.807, 2.05) is 47.7 Å². The van der Waals surface area contributed by atoms with Crippen LogP contribution in [0.2, 0.25) is 0 Å². The Morgan fingerprint density at radius 2 is 1.00 bits per heavy atom. The molecule has 0 amide bonds. The Bertz CT molecular complexity index is 3630. The van der Waals surface area contributed by atoms with Gasteiger partial charge in [0.2, 0.25) is 0 Å². The van der Waals surface area contributed by atoms with Crippen LogP contribution in [-0.4, -0.2) is 14.5 Å². The Morgan fingerprint density at radius 3 is 1.71 bits per heavy atom. The van der Waals surface area contributed by atoms with Crippen LogP contribution >= 0.6 is 11.3 Å².